The molecular formula is C21H29N3O3S2. The molecule has 0 N–H and O–H groups in total. The van der Waals surface area contributed by atoms with Gasteiger partial charge in [0.2, 0.25) is 5.91 Å². The number of carbonyl (C=O) groups is 1. The molecule has 6 nitrogen and oxygen atoms in total. The lowest BCUT2D eigenvalue weighted by molar-refractivity contribution is -0.132. The van der Waals surface area contributed by atoms with Gasteiger partial charge in [0.1, 0.15) is 4.83 Å². The minimum atomic E-state index is 0.0571. The third-order valence-electron chi connectivity index (χ3n) is 5.96. The highest BCUT2D eigenvalue weighted by Gasteiger charge is 2.24. The summed E-state index contributed by atoms with van der Waals surface area (Å²) in [7, 11) is 0. The van der Waals surface area contributed by atoms with Crippen LogP contribution >= 0.6 is 23.1 Å². The molecular weight excluding hydrogens is 406 g/mol. The molecule has 1 aliphatic carbocycles. The fourth-order valence-corrected chi connectivity index (χ4v) is 6.38. The summed E-state index contributed by atoms with van der Waals surface area (Å²) in [6.45, 7) is 6.62. The zero-order valence-electron chi connectivity index (χ0n) is 17.2. The second kappa shape index (κ2) is 9.18. The van der Waals surface area contributed by atoms with Gasteiger partial charge in [-0.15, -0.1) is 11.3 Å². The quantitative estimate of drug-likeness (QED) is 0.407. The number of ether oxygens (including phenoxy) is 1. The Morgan fingerprint density at radius 2 is 2.00 bits per heavy atom. The highest BCUT2D eigenvalue weighted by atomic mass is 32.2. The molecule has 2 aromatic rings. The van der Waals surface area contributed by atoms with Crippen LogP contribution in [0.3, 0.4) is 0 Å². The van der Waals surface area contributed by atoms with Gasteiger partial charge in [-0.1, -0.05) is 25.1 Å². The monoisotopic (exact) mass is 435 g/mol. The highest BCUT2D eigenvalue weighted by Crippen LogP contribution is 2.34. The molecule has 1 aliphatic heterocycles. The van der Waals surface area contributed by atoms with E-state index in [9.17, 15) is 9.59 Å². The van der Waals surface area contributed by atoms with Crippen LogP contribution in [0.1, 0.15) is 56.0 Å². The molecule has 1 saturated heterocycles. The van der Waals surface area contributed by atoms with Crippen LogP contribution in [-0.2, 0) is 22.4 Å². The van der Waals surface area contributed by atoms with E-state index in [1.54, 1.807) is 11.3 Å². The lowest BCUT2D eigenvalue weighted by Crippen LogP contribution is -2.41. The van der Waals surface area contributed by atoms with Crippen molar-refractivity contribution in [3.05, 3.63) is 20.8 Å². The van der Waals surface area contributed by atoms with E-state index in [0.29, 0.717) is 37.2 Å². The van der Waals surface area contributed by atoms with E-state index in [2.05, 4.69) is 13.8 Å². The van der Waals surface area contributed by atoms with Crippen LogP contribution < -0.4 is 5.56 Å². The van der Waals surface area contributed by atoms with Crippen molar-refractivity contribution < 1.29 is 9.53 Å². The Bertz CT molecular complexity index is 947. The second-order valence-electron chi connectivity index (χ2n) is 7.85. The predicted molar refractivity (Wildman–Crippen MR) is 118 cm³/mol. The van der Waals surface area contributed by atoms with Crippen molar-refractivity contribution in [2.45, 2.75) is 63.6 Å². The average molecular weight is 436 g/mol. The topological polar surface area (TPSA) is 64.4 Å². The molecule has 8 heteroatoms. The summed E-state index contributed by atoms with van der Waals surface area (Å²) >= 11 is 3.08. The molecule has 4 rings (SSSR count). The van der Waals surface area contributed by atoms with Crippen molar-refractivity contribution in [1.29, 1.82) is 0 Å². The van der Waals surface area contributed by atoms with Crippen molar-refractivity contribution >= 4 is 39.2 Å². The summed E-state index contributed by atoms with van der Waals surface area (Å²) in [4.78, 5) is 35.1. The zero-order chi connectivity index (χ0) is 20.4. The molecule has 2 aromatic heterocycles. The molecule has 3 heterocycles. The van der Waals surface area contributed by atoms with Gasteiger partial charge in [0.15, 0.2) is 5.16 Å². The second-order valence-corrected chi connectivity index (χ2v) is 9.88. The number of morpholine rings is 1. The third kappa shape index (κ3) is 4.25. The minimum Gasteiger partial charge on any atom is -0.378 e. The summed E-state index contributed by atoms with van der Waals surface area (Å²) in [5.74, 6) is 0.393. The lowest BCUT2D eigenvalue weighted by atomic mass is 10.1. The maximum Gasteiger partial charge on any atom is 0.263 e. The number of aromatic nitrogens is 2. The molecule has 0 aromatic carbocycles. The van der Waals surface area contributed by atoms with Gasteiger partial charge in [0, 0.05) is 24.0 Å². The maximum atomic E-state index is 13.5. The molecule has 0 spiro atoms. The Labute approximate surface area is 179 Å². The number of hydrogen-bond donors (Lipinski definition) is 0. The van der Waals surface area contributed by atoms with Crippen molar-refractivity contribution in [3.63, 3.8) is 0 Å². The zero-order valence-corrected chi connectivity index (χ0v) is 18.9. The van der Waals surface area contributed by atoms with E-state index in [0.717, 1.165) is 35.9 Å². The van der Waals surface area contributed by atoms with Crippen molar-refractivity contribution in [2.24, 2.45) is 0 Å². The SMILES string of the molecule is CCC(C)n1c(SCC(=O)N2CCOCC2)nc2sc3c(c2c1=O)CCCCC3. The third-order valence-corrected chi connectivity index (χ3v) is 8.08. The first-order chi connectivity index (χ1) is 14.1. The first kappa shape index (κ1) is 20.9. The van der Waals surface area contributed by atoms with Crippen LogP contribution in [0.25, 0.3) is 10.2 Å². The summed E-state index contributed by atoms with van der Waals surface area (Å²) in [5, 5.41) is 1.51. The number of fused-ring (bicyclic) bond motifs is 3. The standard InChI is InChI=1S/C21H29N3O3S2/c1-3-14(2)24-20(26)18-15-7-5-4-6-8-16(15)29-19(18)22-21(24)28-13-17(25)23-9-11-27-12-10-23/h14H,3-13H2,1-2H3. The van der Waals surface area contributed by atoms with Gasteiger partial charge < -0.3 is 9.64 Å². The number of carbonyl (C=O) groups excluding carboxylic acids is 1. The van der Waals surface area contributed by atoms with Gasteiger partial charge >= 0.3 is 0 Å². The molecule has 29 heavy (non-hydrogen) atoms. The molecule has 1 unspecified atom stereocenters. The molecule has 0 saturated carbocycles. The van der Waals surface area contributed by atoms with E-state index in [1.165, 1.54) is 35.0 Å². The number of rotatable bonds is 5. The van der Waals surface area contributed by atoms with Crippen LogP contribution in [-0.4, -0.2) is 52.4 Å². The van der Waals surface area contributed by atoms with Crippen molar-refractivity contribution in [2.75, 3.05) is 32.1 Å². The van der Waals surface area contributed by atoms with Crippen LogP contribution in [0, 0.1) is 0 Å². The number of aryl methyl sites for hydroxylation is 2. The first-order valence-electron chi connectivity index (χ1n) is 10.6. The van der Waals surface area contributed by atoms with Crippen molar-refractivity contribution in [3.8, 4) is 0 Å². The van der Waals surface area contributed by atoms with E-state index < -0.39 is 0 Å². The molecule has 2 aliphatic rings. The predicted octanol–water partition coefficient (Wildman–Crippen LogP) is 3.65. The van der Waals surface area contributed by atoms with E-state index >= 15 is 0 Å². The van der Waals surface area contributed by atoms with Crippen LogP contribution in [0.4, 0.5) is 0 Å². The number of thiophene rings is 1. The molecule has 1 amide bonds. The summed E-state index contributed by atoms with van der Waals surface area (Å²) in [5.41, 5.74) is 1.31. The molecule has 0 bridgehead atoms. The Hall–Kier alpha value is -1.38. The Balaban J connectivity index is 1.68. The molecule has 0 radical (unpaired) electrons. The van der Waals surface area contributed by atoms with E-state index in [4.69, 9.17) is 9.72 Å². The summed E-state index contributed by atoms with van der Waals surface area (Å²) in [6.07, 6.45) is 6.45. The first-order valence-corrected chi connectivity index (χ1v) is 12.5. The van der Waals surface area contributed by atoms with Gasteiger partial charge in [-0.25, -0.2) is 4.98 Å². The number of nitrogens with zero attached hydrogens (tertiary/aromatic N) is 3. The van der Waals surface area contributed by atoms with Crippen LogP contribution in [0.2, 0.25) is 0 Å². The average Bonchev–Trinajstić information content (AvgIpc) is 2.93. The largest absolute Gasteiger partial charge is 0.378 e. The Morgan fingerprint density at radius 3 is 2.76 bits per heavy atom. The Morgan fingerprint density at radius 1 is 1.24 bits per heavy atom. The number of hydrogen-bond acceptors (Lipinski definition) is 6. The highest BCUT2D eigenvalue weighted by molar-refractivity contribution is 7.99. The molecule has 1 atom stereocenters. The van der Waals surface area contributed by atoms with Gasteiger partial charge in [-0.2, -0.15) is 0 Å². The minimum absolute atomic E-state index is 0.0571. The maximum absolute atomic E-state index is 13.5. The fourth-order valence-electron chi connectivity index (χ4n) is 4.08. The van der Waals surface area contributed by atoms with Gasteiger partial charge in [-0.3, -0.25) is 14.2 Å². The lowest BCUT2D eigenvalue weighted by Gasteiger charge is -2.26. The van der Waals surface area contributed by atoms with Crippen LogP contribution in [0.5, 0.6) is 0 Å². The van der Waals surface area contributed by atoms with Crippen LogP contribution in [0.15, 0.2) is 9.95 Å². The fraction of sp³-hybridized carbons (Fsp3) is 0.667. The smallest absolute Gasteiger partial charge is 0.263 e. The van der Waals surface area contributed by atoms with Crippen molar-refractivity contribution in [1.82, 2.24) is 14.5 Å². The molecule has 158 valence electrons. The van der Waals surface area contributed by atoms with Gasteiger partial charge in [0.25, 0.3) is 5.56 Å². The summed E-state index contributed by atoms with van der Waals surface area (Å²) < 4.78 is 7.16. The normalized spacial score (nSPS) is 18.5. The summed E-state index contributed by atoms with van der Waals surface area (Å²) in [6, 6.07) is 0.0571. The number of thioether (sulfide) groups is 1. The number of amides is 1. The van der Waals surface area contributed by atoms with Gasteiger partial charge in [0.05, 0.1) is 24.4 Å². The van der Waals surface area contributed by atoms with E-state index in [-0.39, 0.29) is 17.5 Å². The molecule has 1 fully saturated rings. The Kier molecular flexibility index (Phi) is 6.61. The van der Waals surface area contributed by atoms with Gasteiger partial charge in [-0.05, 0) is 44.6 Å². The van der Waals surface area contributed by atoms with E-state index in [1.807, 2.05) is 9.47 Å².